The lowest BCUT2D eigenvalue weighted by Gasteiger charge is -1.93. The first kappa shape index (κ1) is 13.4. The van der Waals surface area contributed by atoms with E-state index in [1.54, 1.807) is 13.2 Å². The number of nitrogens with zero attached hydrogens (tertiary/aromatic N) is 1. The molecule has 1 aromatic heterocycles. The van der Waals surface area contributed by atoms with Crippen molar-refractivity contribution < 1.29 is 4.79 Å². The summed E-state index contributed by atoms with van der Waals surface area (Å²) in [5.74, 6) is -0.137. The zero-order chi connectivity index (χ0) is 12.7. The first-order valence-corrected chi connectivity index (χ1v) is 6.36. The Morgan fingerprint density at radius 3 is 2.47 bits per heavy atom. The monoisotopic (exact) mass is 248 g/mol. The number of hydrogen-bond acceptors (Lipinski definition) is 3. The Morgan fingerprint density at radius 2 is 1.88 bits per heavy atom. The fourth-order valence-electron chi connectivity index (χ4n) is 1.22. The lowest BCUT2D eigenvalue weighted by atomic mass is 10.2. The molecular formula is C13H16N2OS. The van der Waals surface area contributed by atoms with Crippen LogP contribution in [0, 0.1) is 0 Å². The van der Waals surface area contributed by atoms with E-state index in [1.807, 2.05) is 44.2 Å². The standard InChI is InChI=1S/C11H10N2OS.C2H6/c1-12-10(14)11-13-7-9(15-11)8-5-3-2-4-6-8;1-2/h2-7H,1H3,(H,12,14);1-2H3. The fraction of sp³-hybridized carbons (Fsp3) is 0.231. The van der Waals surface area contributed by atoms with Crippen LogP contribution in [0.25, 0.3) is 10.4 Å². The van der Waals surface area contributed by atoms with Crippen molar-refractivity contribution in [3.05, 3.63) is 41.5 Å². The quantitative estimate of drug-likeness (QED) is 0.886. The topological polar surface area (TPSA) is 42.0 Å². The third-order valence-corrected chi connectivity index (χ3v) is 3.03. The summed E-state index contributed by atoms with van der Waals surface area (Å²) >= 11 is 1.40. The van der Waals surface area contributed by atoms with Crippen LogP contribution in [0.1, 0.15) is 23.6 Å². The van der Waals surface area contributed by atoms with E-state index in [2.05, 4.69) is 10.3 Å². The molecule has 0 unspecified atom stereocenters. The van der Waals surface area contributed by atoms with Crippen LogP contribution in [-0.2, 0) is 0 Å². The van der Waals surface area contributed by atoms with E-state index in [0.717, 1.165) is 10.4 Å². The maximum absolute atomic E-state index is 11.3. The summed E-state index contributed by atoms with van der Waals surface area (Å²) in [6, 6.07) is 9.90. The normalized spacial score (nSPS) is 9.12. The maximum atomic E-state index is 11.3. The van der Waals surface area contributed by atoms with Gasteiger partial charge in [-0.15, -0.1) is 11.3 Å². The molecule has 17 heavy (non-hydrogen) atoms. The second kappa shape index (κ2) is 6.81. The predicted molar refractivity (Wildman–Crippen MR) is 72.3 cm³/mol. The van der Waals surface area contributed by atoms with Gasteiger partial charge >= 0.3 is 0 Å². The lowest BCUT2D eigenvalue weighted by Crippen LogP contribution is -2.17. The van der Waals surface area contributed by atoms with Crippen LogP contribution in [0.2, 0.25) is 0 Å². The second-order valence-corrected chi connectivity index (χ2v) is 4.01. The third-order valence-electron chi connectivity index (χ3n) is 1.99. The van der Waals surface area contributed by atoms with E-state index in [9.17, 15) is 4.79 Å². The molecule has 0 aliphatic rings. The molecule has 0 aliphatic carbocycles. The first-order valence-electron chi connectivity index (χ1n) is 5.54. The molecular weight excluding hydrogens is 232 g/mol. The Hall–Kier alpha value is -1.68. The van der Waals surface area contributed by atoms with Gasteiger partial charge in [0.1, 0.15) is 0 Å². The van der Waals surface area contributed by atoms with Crippen molar-refractivity contribution in [3.63, 3.8) is 0 Å². The minimum atomic E-state index is -0.137. The molecule has 0 spiro atoms. The largest absolute Gasteiger partial charge is 0.353 e. The Morgan fingerprint density at radius 1 is 1.24 bits per heavy atom. The fourth-order valence-corrected chi connectivity index (χ4v) is 2.09. The van der Waals surface area contributed by atoms with Crippen LogP contribution in [-0.4, -0.2) is 17.9 Å². The number of aromatic nitrogens is 1. The Kier molecular flexibility index (Phi) is 5.36. The molecule has 0 saturated carbocycles. The van der Waals surface area contributed by atoms with Gasteiger partial charge < -0.3 is 5.32 Å². The van der Waals surface area contributed by atoms with Gasteiger partial charge in [-0.2, -0.15) is 0 Å². The molecule has 1 N–H and O–H groups in total. The minimum Gasteiger partial charge on any atom is -0.353 e. The van der Waals surface area contributed by atoms with Crippen LogP contribution >= 0.6 is 11.3 Å². The Labute approximate surface area is 106 Å². The predicted octanol–water partition coefficient (Wildman–Crippen LogP) is 3.20. The highest BCUT2D eigenvalue weighted by atomic mass is 32.1. The van der Waals surface area contributed by atoms with Gasteiger partial charge in [0.25, 0.3) is 5.91 Å². The Bertz CT molecular complexity index is 465. The SMILES string of the molecule is CC.CNC(=O)c1ncc(-c2ccccc2)s1. The number of nitrogens with one attached hydrogen (secondary N) is 1. The molecule has 1 heterocycles. The molecule has 0 bridgehead atoms. The summed E-state index contributed by atoms with van der Waals surface area (Å²) in [7, 11) is 1.60. The third kappa shape index (κ3) is 3.39. The number of thiazole rings is 1. The molecule has 90 valence electrons. The summed E-state index contributed by atoms with van der Waals surface area (Å²) in [5, 5.41) is 3.05. The molecule has 2 rings (SSSR count). The van der Waals surface area contributed by atoms with Gasteiger partial charge in [0, 0.05) is 13.2 Å². The highest BCUT2D eigenvalue weighted by Crippen LogP contribution is 2.25. The van der Waals surface area contributed by atoms with Crippen LogP contribution in [0.4, 0.5) is 0 Å². The van der Waals surface area contributed by atoms with Gasteiger partial charge in [-0.05, 0) is 5.56 Å². The summed E-state index contributed by atoms with van der Waals surface area (Å²) in [5.41, 5.74) is 1.09. The van der Waals surface area contributed by atoms with E-state index in [1.165, 1.54) is 11.3 Å². The van der Waals surface area contributed by atoms with Gasteiger partial charge in [-0.1, -0.05) is 44.2 Å². The molecule has 4 heteroatoms. The summed E-state index contributed by atoms with van der Waals surface area (Å²) in [4.78, 5) is 16.4. The molecule has 0 atom stereocenters. The van der Waals surface area contributed by atoms with Crippen LogP contribution in [0.5, 0.6) is 0 Å². The number of rotatable bonds is 2. The highest BCUT2D eigenvalue weighted by molar-refractivity contribution is 7.16. The zero-order valence-electron chi connectivity index (χ0n) is 10.2. The summed E-state index contributed by atoms with van der Waals surface area (Å²) in [6.07, 6.45) is 1.73. The summed E-state index contributed by atoms with van der Waals surface area (Å²) < 4.78 is 0. The van der Waals surface area contributed by atoms with E-state index >= 15 is 0 Å². The average molecular weight is 248 g/mol. The van der Waals surface area contributed by atoms with Crippen molar-refractivity contribution in [2.75, 3.05) is 7.05 Å². The van der Waals surface area contributed by atoms with Gasteiger partial charge in [-0.25, -0.2) is 4.98 Å². The van der Waals surface area contributed by atoms with Crippen molar-refractivity contribution in [2.24, 2.45) is 0 Å². The van der Waals surface area contributed by atoms with Gasteiger partial charge in [0.2, 0.25) is 0 Å². The van der Waals surface area contributed by atoms with Crippen molar-refractivity contribution >= 4 is 17.2 Å². The molecule has 2 aromatic rings. The van der Waals surface area contributed by atoms with E-state index in [-0.39, 0.29) is 5.91 Å². The average Bonchev–Trinajstić information content (AvgIpc) is 2.91. The molecule has 1 amide bonds. The van der Waals surface area contributed by atoms with Crippen LogP contribution in [0.3, 0.4) is 0 Å². The molecule has 3 nitrogen and oxygen atoms in total. The lowest BCUT2D eigenvalue weighted by molar-refractivity contribution is 0.0962. The smallest absolute Gasteiger partial charge is 0.280 e. The zero-order valence-corrected chi connectivity index (χ0v) is 11.0. The number of benzene rings is 1. The first-order chi connectivity index (χ1) is 8.31. The number of hydrogen-bond donors (Lipinski definition) is 1. The Balaban J connectivity index is 0.000000686. The van der Waals surface area contributed by atoms with Crippen molar-refractivity contribution in [2.45, 2.75) is 13.8 Å². The van der Waals surface area contributed by atoms with E-state index in [0.29, 0.717) is 5.01 Å². The highest BCUT2D eigenvalue weighted by Gasteiger charge is 2.09. The van der Waals surface area contributed by atoms with Crippen LogP contribution in [0.15, 0.2) is 36.5 Å². The van der Waals surface area contributed by atoms with E-state index in [4.69, 9.17) is 0 Å². The van der Waals surface area contributed by atoms with Crippen molar-refractivity contribution in [1.29, 1.82) is 0 Å². The minimum absolute atomic E-state index is 0.137. The molecule has 0 saturated heterocycles. The molecule has 1 aromatic carbocycles. The molecule has 0 radical (unpaired) electrons. The van der Waals surface area contributed by atoms with Crippen molar-refractivity contribution in [3.8, 4) is 10.4 Å². The van der Waals surface area contributed by atoms with Gasteiger partial charge in [-0.3, -0.25) is 4.79 Å². The molecule has 0 fully saturated rings. The van der Waals surface area contributed by atoms with Crippen LogP contribution < -0.4 is 5.32 Å². The number of amides is 1. The van der Waals surface area contributed by atoms with Gasteiger partial charge in [0.15, 0.2) is 5.01 Å². The van der Waals surface area contributed by atoms with E-state index < -0.39 is 0 Å². The molecule has 0 aliphatic heterocycles. The second-order valence-electron chi connectivity index (χ2n) is 2.97. The summed E-state index contributed by atoms with van der Waals surface area (Å²) in [6.45, 7) is 4.00. The maximum Gasteiger partial charge on any atom is 0.280 e. The van der Waals surface area contributed by atoms with Crippen molar-refractivity contribution in [1.82, 2.24) is 10.3 Å². The van der Waals surface area contributed by atoms with Gasteiger partial charge in [0.05, 0.1) is 4.88 Å². The number of carbonyl (C=O) groups is 1. The number of carbonyl (C=O) groups excluding carboxylic acids is 1.